The lowest BCUT2D eigenvalue weighted by molar-refractivity contribution is -0.126. The lowest BCUT2D eigenvalue weighted by Gasteiger charge is -2.25. The molecule has 1 aliphatic rings. The van der Waals surface area contributed by atoms with Crippen LogP contribution in [-0.2, 0) is 11.2 Å². The Morgan fingerprint density at radius 3 is 2.61 bits per heavy atom. The van der Waals surface area contributed by atoms with E-state index in [2.05, 4.69) is 66.1 Å². The topological polar surface area (TPSA) is 41.1 Å². The molecule has 2 N–H and O–H groups in total. The Kier molecular flexibility index (Phi) is 10.7. The molecule has 1 unspecified atom stereocenters. The number of hydrogen-bond donors (Lipinski definition) is 2. The molecule has 0 radical (unpaired) electrons. The van der Waals surface area contributed by atoms with E-state index >= 15 is 0 Å². The van der Waals surface area contributed by atoms with Crippen LogP contribution in [0.15, 0.2) is 54.1 Å². The highest BCUT2D eigenvalue weighted by Crippen LogP contribution is 2.17. The Morgan fingerprint density at radius 1 is 1.18 bits per heavy atom. The first-order valence-electron chi connectivity index (χ1n) is 11.0. The molecule has 3 nitrogen and oxygen atoms in total. The van der Waals surface area contributed by atoms with Crippen LogP contribution < -0.4 is 10.6 Å². The van der Waals surface area contributed by atoms with Gasteiger partial charge in [0.2, 0.25) is 5.91 Å². The Labute approximate surface area is 171 Å². The van der Waals surface area contributed by atoms with E-state index in [1.54, 1.807) is 0 Å². The van der Waals surface area contributed by atoms with Crippen molar-refractivity contribution in [1.29, 1.82) is 0 Å². The van der Waals surface area contributed by atoms with Gasteiger partial charge in [-0.05, 0) is 83.9 Å². The summed E-state index contributed by atoms with van der Waals surface area (Å²) in [6.45, 7) is 6.16. The van der Waals surface area contributed by atoms with E-state index in [9.17, 15) is 4.79 Å². The van der Waals surface area contributed by atoms with Crippen LogP contribution in [0.2, 0.25) is 0 Å². The number of amides is 1. The number of rotatable bonds is 11. The molecule has 2 rings (SSSR count). The predicted octanol–water partition coefficient (Wildman–Crippen LogP) is 5.19. The summed E-state index contributed by atoms with van der Waals surface area (Å²) in [5.74, 6) is 0.460. The van der Waals surface area contributed by atoms with Crippen LogP contribution in [0.4, 0.5) is 0 Å². The largest absolute Gasteiger partial charge is 0.353 e. The van der Waals surface area contributed by atoms with Gasteiger partial charge in [0.15, 0.2) is 0 Å². The standard InChI is InChI=1S/C25H38N2O/c1-3-4-10-21(2)11-8-15-24(16-9-14-22-12-6-5-7-13-22)27-25(28)23-17-19-26-20-18-23/h3-7,10,12-13,23-24,26H,8-9,11,14-20H2,1-2H3,(H,27,28)/b4-3-,21-10+. The minimum Gasteiger partial charge on any atom is -0.353 e. The number of piperidine rings is 1. The highest BCUT2D eigenvalue weighted by Gasteiger charge is 2.23. The minimum absolute atomic E-state index is 0.189. The van der Waals surface area contributed by atoms with E-state index in [1.807, 2.05) is 6.92 Å². The van der Waals surface area contributed by atoms with Crippen molar-refractivity contribution in [3.8, 4) is 0 Å². The highest BCUT2D eigenvalue weighted by atomic mass is 16.1. The molecule has 1 fully saturated rings. The number of carbonyl (C=O) groups excluding carboxylic acids is 1. The minimum atomic E-state index is 0.189. The molecule has 1 aromatic carbocycles. The molecular weight excluding hydrogens is 344 g/mol. The van der Waals surface area contributed by atoms with Crippen molar-refractivity contribution in [2.24, 2.45) is 5.92 Å². The molecule has 154 valence electrons. The van der Waals surface area contributed by atoms with E-state index in [0.717, 1.165) is 64.5 Å². The van der Waals surface area contributed by atoms with Crippen molar-refractivity contribution in [2.45, 2.75) is 71.3 Å². The van der Waals surface area contributed by atoms with E-state index in [0.29, 0.717) is 6.04 Å². The zero-order valence-corrected chi connectivity index (χ0v) is 17.8. The second kappa shape index (κ2) is 13.3. The Balaban J connectivity index is 1.83. The summed E-state index contributed by atoms with van der Waals surface area (Å²) in [6.07, 6.45) is 14.8. The van der Waals surface area contributed by atoms with Crippen LogP contribution in [0.1, 0.15) is 64.4 Å². The average molecular weight is 383 g/mol. The second-order valence-corrected chi connectivity index (χ2v) is 8.04. The van der Waals surface area contributed by atoms with Crippen LogP contribution in [0, 0.1) is 5.92 Å². The average Bonchev–Trinajstić information content (AvgIpc) is 2.73. The summed E-state index contributed by atoms with van der Waals surface area (Å²) in [6, 6.07) is 10.9. The Bertz CT molecular complexity index is 615. The molecule has 28 heavy (non-hydrogen) atoms. The molecule has 3 heteroatoms. The summed E-state index contributed by atoms with van der Waals surface area (Å²) in [5.41, 5.74) is 2.79. The normalized spacial score (nSPS) is 17.0. The molecule has 1 atom stereocenters. The predicted molar refractivity (Wildman–Crippen MR) is 119 cm³/mol. The van der Waals surface area contributed by atoms with Gasteiger partial charge in [-0.1, -0.05) is 54.1 Å². The van der Waals surface area contributed by atoms with Crippen molar-refractivity contribution < 1.29 is 4.79 Å². The van der Waals surface area contributed by atoms with Gasteiger partial charge in [0, 0.05) is 12.0 Å². The van der Waals surface area contributed by atoms with Gasteiger partial charge in [-0.15, -0.1) is 0 Å². The highest BCUT2D eigenvalue weighted by molar-refractivity contribution is 5.79. The number of nitrogens with one attached hydrogen (secondary N) is 2. The summed E-state index contributed by atoms with van der Waals surface area (Å²) in [4.78, 5) is 12.7. The first-order valence-corrected chi connectivity index (χ1v) is 11.0. The van der Waals surface area contributed by atoms with E-state index in [-0.39, 0.29) is 11.8 Å². The van der Waals surface area contributed by atoms with Gasteiger partial charge >= 0.3 is 0 Å². The molecule has 0 aromatic heterocycles. The van der Waals surface area contributed by atoms with Crippen molar-refractivity contribution in [3.05, 3.63) is 59.7 Å². The Morgan fingerprint density at radius 2 is 1.89 bits per heavy atom. The Hall–Kier alpha value is -1.87. The fraction of sp³-hybridized carbons (Fsp3) is 0.560. The van der Waals surface area contributed by atoms with E-state index < -0.39 is 0 Å². The first kappa shape index (κ1) is 22.4. The third-order valence-corrected chi connectivity index (χ3v) is 5.61. The molecule has 1 amide bonds. The van der Waals surface area contributed by atoms with Gasteiger partial charge in [-0.25, -0.2) is 0 Å². The van der Waals surface area contributed by atoms with Crippen LogP contribution in [0.25, 0.3) is 0 Å². The van der Waals surface area contributed by atoms with E-state index in [4.69, 9.17) is 0 Å². The molecule has 1 saturated heterocycles. The number of hydrogen-bond acceptors (Lipinski definition) is 2. The number of aryl methyl sites for hydroxylation is 1. The van der Waals surface area contributed by atoms with Gasteiger partial charge in [0.1, 0.15) is 0 Å². The van der Waals surface area contributed by atoms with Crippen LogP contribution in [0.3, 0.4) is 0 Å². The van der Waals surface area contributed by atoms with Gasteiger partial charge < -0.3 is 10.6 Å². The number of benzene rings is 1. The SMILES string of the molecule is C/C=C\C=C(/C)CCCC(CCCc1ccccc1)NC(=O)C1CCNCC1. The molecule has 0 aliphatic carbocycles. The van der Waals surface area contributed by atoms with Gasteiger partial charge in [-0.3, -0.25) is 4.79 Å². The quantitative estimate of drug-likeness (QED) is 0.517. The first-order chi connectivity index (χ1) is 13.7. The molecule has 1 aromatic rings. The van der Waals surface area contributed by atoms with Crippen molar-refractivity contribution in [3.63, 3.8) is 0 Å². The zero-order valence-electron chi connectivity index (χ0n) is 17.8. The molecule has 1 heterocycles. The fourth-order valence-electron chi connectivity index (χ4n) is 3.86. The summed E-state index contributed by atoms with van der Waals surface area (Å²) in [7, 11) is 0. The van der Waals surface area contributed by atoms with Crippen molar-refractivity contribution >= 4 is 5.91 Å². The number of allylic oxidation sites excluding steroid dienone is 4. The van der Waals surface area contributed by atoms with Crippen LogP contribution in [-0.4, -0.2) is 25.0 Å². The summed E-state index contributed by atoms with van der Waals surface area (Å²) < 4.78 is 0. The summed E-state index contributed by atoms with van der Waals surface area (Å²) >= 11 is 0. The third-order valence-electron chi connectivity index (χ3n) is 5.61. The molecule has 0 spiro atoms. The summed E-state index contributed by atoms with van der Waals surface area (Å²) in [5, 5.41) is 6.74. The van der Waals surface area contributed by atoms with Crippen LogP contribution in [0.5, 0.6) is 0 Å². The lowest BCUT2D eigenvalue weighted by atomic mass is 9.95. The smallest absolute Gasteiger partial charge is 0.223 e. The zero-order chi connectivity index (χ0) is 20.0. The molecule has 0 bridgehead atoms. The van der Waals surface area contributed by atoms with Crippen molar-refractivity contribution in [1.82, 2.24) is 10.6 Å². The van der Waals surface area contributed by atoms with Gasteiger partial charge in [0.05, 0.1) is 0 Å². The molecule has 1 aliphatic heterocycles. The molecular formula is C25H38N2O. The molecule has 0 saturated carbocycles. The van der Waals surface area contributed by atoms with Gasteiger partial charge in [0.25, 0.3) is 0 Å². The van der Waals surface area contributed by atoms with Gasteiger partial charge in [-0.2, -0.15) is 0 Å². The van der Waals surface area contributed by atoms with E-state index in [1.165, 1.54) is 11.1 Å². The third kappa shape index (κ3) is 8.88. The maximum atomic E-state index is 12.7. The second-order valence-electron chi connectivity index (χ2n) is 8.04. The van der Waals surface area contributed by atoms with Crippen molar-refractivity contribution in [2.75, 3.05) is 13.1 Å². The number of carbonyl (C=O) groups is 1. The van der Waals surface area contributed by atoms with Crippen LogP contribution >= 0.6 is 0 Å². The fourth-order valence-corrected chi connectivity index (χ4v) is 3.86. The monoisotopic (exact) mass is 382 g/mol. The maximum absolute atomic E-state index is 12.7. The lowest BCUT2D eigenvalue weighted by Crippen LogP contribution is -2.42. The maximum Gasteiger partial charge on any atom is 0.223 e.